The summed E-state index contributed by atoms with van der Waals surface area (Å²) < 4.78 is 11.3. The van der Waals surface area contributed by atoms with E-state index in [0.29, 0.717) is 26.3 Å². The number of carbonyl (C=O) groups excluding carboxylic acids is 1. The Morgan fingerprint density at radius 2 is 2.06 bits per heavy atom. The molecule has 0 aromatic carbocycles. The molecule has 2 aliphatic heterocycles. The van der Waals surface area contributed by atoms with E-state index in [4.69, 9.17) is 9.47 Å². The Morgan fingerprint density at radius 3 is 2.69 bits per heavy atom. The molecule has 2 fully saturated rings. The molecule has 0 unspecified atom stereocenters. The van der Waals surface area contributed by atoms with E-state index in [1.807, 2.05) is 0 Å². The molecular weight excluding hydrogens is 208 g/mol. The predicted octanol–water partition coefficient (Wildman–Crippen LogP) is -0.0865. The zero-order chi connectivity index (χ0) is 11.6. The lowest BCUT2D eigenvalue weighted by atomic mass is 10.0. The summed E-state index contributed by atoms with van der Waals surface area (Å²) in [5.41, 5.74) is 0. The molecule has 0 bridgehead atoms. The van der Waals surface area contributed by atoms with Gasteiger partial charge in [0.15, 0.2) is 5.79 Å². The fourth-order valence-electron chi connectivity index (χ4n) is 2.27. The van der Waals surface area contributed by atoms with Crippen LogP contribution in [0.5, 0.6) is 0 Å². The van der Waals surface area contributed by atoms with E-state index in [9.17, 15) is 4.79 Å². The molecule has 0 aromatic rings. The van der Waals surface area contributed by atoms with Gasteiger partial charge in [-0.2, -0.15) is 0 Å². The van der Waals surface area contributed by atoms with Gasteiger partial charge in [0.2, 0.25) is 5.91 Å². The predicted molar refractivity (Wildman–Crippen MR) is 59.0 cm³/mol. The standard InChI is InChI=1S/C11H20N2O3/c1-12(2)10(14)8-13-5-3-4-11(9-13)15-6-7-16-11/h3-9H2,1-2H3. The van der Waals surface area contributed by atoms with E-state index >= 15 is 0 Å². The van der Waals surface area contributed by atoms with Crippen LogP contribution in [0, 0.1) is 0 Å². The van der Waals surface area contributed by atoms with Gasteiger partial charge in [-0.25, -0.2) is 0 Å². The van der Waals surface area contributed by atoms with Gasteiger partial charge in [-0.15, -0.1) is 0 Å². The number of hydrogen-bond acceptors (Lipinski definition) is 4. The lowest BCUT2D eigenvalue weighted by Crippen LogP contribution is -2.51. The lowest BCUT2D eigenvalue weighted by molar-refractivity contribution is -0.190. The van der Waals surface area contributed by atoms with E-state index in [-0.39, 0.29) is 5.91 Å². The summed E-state index contributed by atoms with van der Waals surface area (Å²) in [6.45, 7) is 3.48. The molecule has 16 heavy (non-hydrogen) atoms. The van der Waals surface area contributed by atoms with Crippen molar-refractivity contribution in [3.63, 3.8) is 0 Å². The molecular formula is C11H20N2O3. The molecule has 2 saturated heterocycles. The van der Waals surface area contributed by atoms with Crippen LogP contribution in [0.1, 0.15) is 12.8 Å². The smallest absolute Gasteiger partial charge is 0.236 e. The number of ether oxygens (including phenoxy) is 2. The summed E-state index contributed by atoms with van der Waals surface area (Å²) in [7, 11) is 3.56. The summed E-state index contributed by atoms with van der Waals surface area (Å²) in [6.07, 6.45) is 1.97. The van der Waals surface area contributed by atoms with E-state index in [1.54, 1.807) is 19.0 Å². The molecule has 0 aromatic heterocycles. The third-order valence-corrected chi connectivity index (χ3v) is 3.17. The first-order valence-corrected chi connectivity index (χ1v) is 5.82. The third kappa shape index (κ3) is 2.53. The molecule has 92 valence electrons. The lowest BCUT2D eigenvalue weighted by Gasteiger charge is -2.38. The van der Waals surface area contributed by atoms with Crippen LogP contribution in [0.4, 0.5) is 0 Å². The number of nitrogens with zero attached hydrogens (tertiary/aromatic N) is 2. The normalized spacial score (nSPS) is 24.9. The maximum Gasteiger partial charge on any atom is 0.236 e. The number of carbonyl (C=O) groups is 1. The Kier molecular flexibility index (Phi) is 3.47. The highest BCUT2D eigenvalue weighted by molar-refractivity contribution is 5.77. The highest BCUT2D eigenvalue weighted by atomic mass is 16.7. The second-order valence-electron chi connectivity index (χ2n) is 4.71. The summed E-state index contributed by atoms with van der Waals surface area (Å²) in [5.74, 6) is -0.291. The van der Waals surface area contributed by atoms with Gasteiger partial charge in [-0.05, 0) is 13.0 Å². The Labute approximate surface area is 96.3 Å². The van der Waals surface area contributed by atoms with Gasteiger partial charge < -0.3 is 14.4 Å². The summed E-state index contributed by atoms with van der Waals surface area (Å²) >= 11 is 0. The van der Waals surface area contributed by atoms with Crippen molar-refractivity contribution in [1.29, 1.82) is 0 Å². The van der Waals surface area contributed by atoms with Gasteiger partial charge in [0, 0.05) is 20.5 Å². The van der Waals surface area contributed by atoms with Crippen LogP contribution in [-0.2, 0) is 14.3 Å². The monoisotopic (exact) mass is 228 g/mol. The van der Waals surface area contributed by atoms with E-state index < -0.39 is 5.79 Å². The van der Waals surface area contributed by atoms with E-state index in [1.165, 1.54) is 0 Å². The first-order valence-electron chi connectivity index (χ1n) is 5.82. The average molecular weight is 228 g/mol. The first kappa shape index (κ1) is 11.8. The molecule has 0 atom stereocenters. The van der Waals surface area contributed by atoms with Crippen molar-refractivity contribution < 1.29 is 14.3 Å². The van der Waals surface area contributed by atoms with Crippen LogP contribution < -0.4 is 0 Å². The van der Waals surface area contributed by atoms with Crippen LogP contribution in [0.2, 0.25) is 0 Å². The summed E-state index contributed by atoms with van der Waals surface area (Å²) in [5, 5.41) is 0. The minimum Gasteiger partial charge on any atom is -0.348 e. The van der Waals surface area contributed by atoms with Crippen molar-refractivity contribution in [2.75, 3.05) is 46.9 Å². The van der Waals surface area contributed by atoms with Crippen molar-refractivity contribution in [2.45, 2.75) is 18.6 Å². The number of hydrogen-bond donors (Lipinski definition) is 0. The number of piperidine rings is 1. The number of likely N-dealkylation sites (tertiary alicyclic amines) is 1. The molecule has 1 amide bonds. The maximum absolute atomic E-state index is 11.6. The van der Waals surface area contributed by atoms with Crippen LogP contribution >= 0.6 is 0 Å². The largest absolute Gasteiger partial charge is 0.348 e. The van der Waals surface area contributed by atoms with Crippen molar-refractivity contribution >= 4 is 5.91 Å². The molecule has 0 radical (unpaired) electrons. The minimum atomic E-state index is -0.426. The van der Waals surface area contributed by atoms with Crippen LogP contribution in [0.15, 0.2) is 0 Å². The van der Waals surface area contributed by atoms with Gasteiger partial charge in [0.1, 0.15) is 0 Å². The Hall–Kier alpha value is -0.650. The fraction of sp³-hybridized carbons (Fsp3) is 0.909. The second kappa shape index (κ2) is 4.69. The molecule has 0 saturated carbocycles. The molecule has 2 heterocycles. The quantitative estimate of drug-likeness (QED) is 0.662. The van der Waals surface area contributed by atoms with Gasteiger partial charge in [-0.1, -0.05) is 0 Å². The number of amides is 1. The van der Waals surface area contributed by atoms with E-state index in [0.717, 1.165) is 19.4 Å². The topological polar surface area (TPSA) is 42.0 Å². The zero-order valence-electron chi connectivity index (χ0n) is 10.1. The molecule has 0 N–H and O–H groups in total. The first-order chi connectivity index (χ1) is 7.61. The molecule has 2 aliphatic rings. The third-order valence-electron chi connectivity index (χ3n) is 3.17. The summed E-state index contributed by atoms with van der Waals surface area (Å²) in [4.78, 5) is 15.4. The molecule has 1 spiro atoms. The Morgan fingerprint density at radius 1 is 1.38 bits per heavy atom. The van der Waals surface area contributed by atoms with Crippen molar-refractivity contribution in [2.24, 2.45) is 0 Å². The highest BCUT2D eigenvalue weighted by Crippen LogP contribution is 2.29. The Balaban J connectivity index is 1.89. The van der Waals surface area contributed by atoms with Crippen molar-refractivity contribution in [1.82, 2.24) is 9.80 Å². The highest BCUT2D eigenvalue weighted by Gasteiger charge is 2.40. The van der Waals surface area contributed by atoms with Gasteiger partial charge >= 0.3 is 0 Å². The SMILES string of the molecule is CN(C)C(=O)CN1CCCC2(C1)OCCO2. The molecule has 0 aliphatic carbocycles. The van der Waals surface area contributed by atoms with Crippen molar-refractivity contribution in [3.8, 4) is 0 Å². The second-order valence-corrected chi connectivity index (χ2v) is 4.71. The van der Waals surface area contributed by atoms with Crippen LogP contribution in [0.25, 0.3) is 0 Å². The van der Waals surface area contributed by atoms with Gasteiger partial charge in [0.25, 0.3) is 0 Å². The van der Waals surface area contributed by atoms with Crippen LogP contribution in [0.3, 0.4) is 0 Å². The zero-order valence-corrected chi connectivity index (χ0v) is 10.1. The minimum absolute atomic E-state index is 0.134. The van der Waals surface area contributed by atoms with Crippen molar-refractivity contribution in [3.05, 3.63) is 0 Å². The maximum atomic E-state index is 11.6. The molecule has 2 rings (SSSR count). The summed E-state index contributed by atoms with van der Waals surface area (Å²) in [6, 6.07) is 0. The number of rotatable bonds is 2. The average Bonchev–Trinajstić information content (AvgIpc) is 2.66. The molecule has 5 heteroatoms. The number of likely N-dealkylation sites (N-methyl/N-ethyl adjacent to an activating group) is 1. The van der Waals surface area contributed by atoms with Crippen LogP contribution in [-0.4, -0.2) is 68.4 Å². The fourth-order valence-corrected chi connectivity index (χ4v) is 2.27. The van der Waals surface area contributed by atoms with E-state index in [2.05, 4.69) is 4.90 Å². The van der Waals surface area contributed by atoms with Gasteiger partial charge in [0.05, 0.1) is 26.3 Å². The molecule has 5 nitrogen and oxygen atoms in total. The van der Waals surface area contributed by atoms with Gasteiger partial charge in [-0.3, -0.25) is 9.69 Å². The Bertz CT molecular complexity index is 262.